The molecule has 0 radical (unpaired) electrons. The summed E-state index contributed by atoms with van der Waals surface area (Å²) in [5.41, 5.74) is 1.10. The number of aromatic carboxylic acids is 1. The van der Waals surface area contributed by atoms with Crippen molar-refractivity contribution in [3.8, 4) is 0 Å². The first-order valence-electron chi connectivity index (χ1n) is 5.44. The molecule has 1 heterocycles. The van der Waals surface area contributed by atoms with E-state index in [4.69, 9.17) is 5.11 Å². The third-order valence-corrected chi connectivity index (χ3v) is 3.79. The molecule has 2 N–H and O–H groups in total. The van der Waals surface area contributed by atoms with Crippen LogP contribution in [0.1, 0.15) is 23.2 Å². The van der Waals surface area contributed by atoms with Crippen LogP contribution in [0.2, 0.25) is 0 Å². The quantitative estimate of drug-likeness (QED) is 0.848. The zero-order chi connectivity index (χ0) is 11.4. The van der Waals surface area contributed by atoms with E-state index in [0.717, 1.165) is 30.0 Å². The molecule has 0 spiro atoms. The van der Waals surface area contributed by atoms with Crippen molar-refractivity contribution in [1.82, 2.24) is 0 Å². The number of anilines is 1. The molecule has 0 aromatic heterocycles. The van der Waals surface area contributed by atoms with Crippen molar-refractivity contribution in [2.45, 2.75) is 18.9 Å². The van der Waals surface area contributed by atoms with Crippen LogP contribution in [0.5, 0.6) is 0 Å². The van der Waals surface area contributed by atoms with Crippen molar-refractivity contribution in [3.63, 3.8) is 0 Å². The topological polar surface area (TPSA) is 49.3 Å². The van der Waals surface area contributed by atoms with Gasteiger partial charge in [0, 0.05) is 11.7 Å². The lowest BCUT2D eigenvalue weighted by molar-refractivity contribution is 0.0698. The fraction of sp³-hybridized carbons (Fsp3) is 0.417. The number of carboxylic acid groups (broad SMARTS) is 1. The van der Waals surface area contributed by atoms with Crippen LogP contribution in [0.15, 0.2) is 24.3 Å². The van der Waals surface area contributed by atoms with Gasteiger partial charge in [-0.1, -0.05) is 12.1 Å². The summed E-state index contributed by atoms with van der Waals surface area (Å²) >= 11 is 1.96. The van der Waals surface area contributed by atoms with E-state index in [1.807, 2.05) is 23.9 Å². The molecule has 1 aliphatic heterocycles. The zero-order valence-electron chi connectivity index (χ0n) is 8.98. The summed E-state index contributed by atoms with van der Waals surface area (Å²) in [4.78, 5) is 11.0. The maximum atomic E-state index is 11.0. The molecule has 1 saturated heterocycles. The monoisotopic (exact) mass is 237 g/mol. The minimum absolute atomic E-state index is 0.362. The first kappa shape index (κ1) is 11.3. The smallest absolute Gasteiger partial charge is 0.337 e. The van der Waals surface area contributed by atoms with Gasteiger partial charge in [-0.15, -0.1) is 0 Å². The van der Waals surface area contributed by atoms with Crippen LogP contribution in [0, 0.1) is 0 Å². The molecule has 0 aliphatic carbocycles. The minimum Gasteiger partial charge on any atom is -0.478 e. The number of nitrogens with one attached hydrogen (secondary N) is 1. The summed E-state index contributed by atoms with van der Waals surface area (Å²) in [5, 5.41) is 12.4. The molecule has 0 saturated carbocycles. The molecule has 0 bridgehead atoms. The van der Waals surface area contributed by atoms with Crippen molar-refractivity contribution in [1.29, 1.82) is 0 Å². The van der Waals surface area contributed by atoms with Gasteiger partial charge in [-0.25, -0.2) is 4.79 Å². The minimum atomic E-state index is -0.867. The second-order valence-corrected chi connectivity index (χ2v) is 5.11. The van der Waals surface area contributed by atoms with E-state index in [1.165, 1.54) is 0 Å². The number of hydrogen-bond donors (Lipinski definition) is 2. The maximum absolute atomic E-state index is 11.0. The predicted octanol–water partition coefficient (Wildman–Crippen LogP) is 2.69. The molecule has 0 amide bonds. The Morgan fingerprint density at radius 2 is 2.00 bits per heavy atom. The van der Waals surface area contributed by atoms with Crippen LogP contribution in [0.25, 0.3) is 0 Å². The Kier molecular flexibility index (Phi) is 3.72. The van der Waals surface area contributed by atoms with E-state index in [-0.39, 0.29) is 0 Å². The number of thioether (sulfide) groups is 1. The fourth-order valence-electron chi connectivity index (χ4n) is 1.86. The summed E-state index contributed by atoms with van der Waals surface area (Å²) in [6.45, 7) is 0. The average molecular weight is 237 g/mol. The number of carboxylic acids is 1. The third-order valence-electron chi connectivity index (χ3n) is 2.74. The Bertz CT molecular complexity index is 375. The molecule has 4 heteroatoms. The van der Waals surface area contributed by atoms with E-state index < -0.39 is 5.97 Å². The van der Waals surface area contributed by atoms with Crippen LogP contribution in [0.3, 0.4) is 0 Å². The SMILES string of the molecule is O=C(O)c1ccccc1NC1CCSCC1. The van der Waals surface area contributed by atoms with Crippen molar-refractivity contribution < 1.29 is 9.90 Å². The van der Waals surface area contributed by atoms with Crippen molar-refractivity contribution in [2.75, 3.05) is 16.8 Å². The largest absolute Gasteiger partial charge is 0.478 e. The van der Waals surface area contributed by atoms with Gasteiger partial charge in [-0.2, -0.15) is 11.8 Å². The summed E-state index contributed by atoms with van der Waals surface area (Å²) in [5.74, 6) is 1.45. The molecule has 16 heavy (non-hydrogen) atoms. The van der Waals surface area contributed by atoms with Gasteiger partial charge in [-0.3, -0.25) is 0 Å². The van der Waals surface area contributed by atoms with E-state index >= 15 is 0 Å². The Morgan fingerprint density at radius 3 is 2.69 bits per heavy atom. The Labute approximate surface area is 99.2 Å². The van der Waals surface area contributed by atoms with E-state index in [0.29, 0.717) is 11.6 Å². The van der Waals surface area contributed by atoms with E-state index in [9.17, 15) is 4.79 Å². The number of rotatable bonds is 3. The third kappa shape index (κ3) is 2.70. The number of carbonyl (C=O) groups is 1. The molecule has 0 atom stereocenters. The lowest BCUT2D eigenvalue weighted by Gasteiger charge is -2.24. The number of benzene rings is 1. The molecule has 1 fully saturated rings. The normalized spacial score (nSPS) is 17.0. The van der Waals surface area contributed by atoms with Crippen molar-refractivity contribution in [2.24, 2.45) is 0 Å². The highest BCUT2D eigenvalue weighted by molar-refractivity contribution is 7.99. The van der Waals surface area contributed by atoms with Gasteiger partial charge in [0.15, 0.2) is 0 Å². The van der Waals surface area contributed by atoms with Gasteiger partial charge >= 0.3 is 5.97 Å². The first-order valence-corrected chi connectivity index (χ1v) is 6.59. The Balaban J connectivity index is 2.10. The molecule has 86 valence electrons. The zero-order valence-corrected chi connectivity index (χ0v) is 9.80. The molecule has 2 rings (SSSR count). The average Bonchev–Trinajstić information content (AvgIpc) is 2.31. The lowest BCUT2D eigenvalue weighted by atomic mass is 10.1. The van der Waals surface area contributed by atoms with Crippen LogP contribution in [0.4, 0.5) is 5.69 Å². The second kappa shape index (κ2) is 5.25. The summed E-state index contributed by atoms with van der Waals surface area (Å²) in [7, 11) is 0. The van der Waals surface area contributed by atoms with E-state index in [1.54, 1.807) is 12.1 Å². The highest BCUT2D eigenvalue weighted by Gasteiger charge is 2.16. The molecule has 1 aromatic rings. The number of para-hydroxylation sites is 1. The predicted molar refractivity (Wildman–Crippen MR) is 67.4 cm³/mol. The second-order valence-electron chi connectivity index (χ2n) is 3.88. The summed E-state index contributed by atoms with van der Waals surface area (Å²) in [6, 6.07) is 7.52. The van der Waals surface area contributed by atoms with Gasteiger partial charge in [0.25, 0.3) is 0 Å². The summed E-state index contributed by atoms with van der Waals surface area (Å²) < 4.78 is 0. The Morgan fingerprint density at radius 1 is 1.31 bits per heavy atom. The highest BCUT2D eigenvalue weighted by Crippen LogP contribution is 2.23. The molecular formula is C12H15NO2S. The summed E-state index contributed by atoms with van der Waals surface area (Å²) in [6.07, 6.45) is 2.22. The van der Waals surface area contributed by atoms with Crippen LogP contribution >= 0.6 is 11.8 Å². The maximum Gasteiger partial charge on any atom is 0.337 e. The van der Waals surface area contributed by atoms with E-state index in [2.05, 4.69) is 5.32 Å². The standard InChI is InChI=1S/C12H15NO2S/c14-12(15)10-3-1-2-4-11(10)13-9-5-7-16-8-6-9/h1-4,9,13H,5-8H2,(H,14,15). The highest BCUT2D eigenvalue weighted by atomic mass is 32.2. The molecule has 1 aromatic carbocycles. The van der Waals surface area contributed by atoms with Gasteiger partial charge < -0.3 is 10.4 Å². The van der Waals surface area contributed by atoms with Crippen molar-refractivity contribution >= 4 is 23.4 Å². The molecular weight excluding hydrogens is 222 g/mol. The van der Waals surface area contributed by atoms with Gasteiger partial charge in [-0.05, 0) is 36.5 Å². The fourth-order valence-corrected chi connectivity index (χ4v) is 2.96. The Hall–Kier alpha value is -1.16. The molecule has 3 nitrogen and oxygen atoms in total. The first-order chi connectivity index (χ1) is 7.77. The molecule has 1 aliphatic rings. The van der Waals surface area contributed by atoms with Gasteiger partial charge in [0.1, 0.15) is 0 Å². The lowest BCUT2D eigenvalue weighted by Crippen LogP contribution is -2.25. The van der Waals surface area contributed by atoms with Crippen LogP contribution in [-0.2, 0) is 0 Å². The van der Waals surface area contributed by atoms with Crippen LogP contribution in [-0.4, -0.2) is 28.6 Å². The van der Waals surface area contributed by atoms with Crippen LogP contribution < -0.4 is 5.32 Å². The molecule has 0 unspecified atom stereocenters. The van der Waals surface area contributed by atoms with Gasteiger partial charge in [0.05, 0.1) is 5.56 Å². The number of hydrogen-bond acceptors (Lipinski definition) is 3. The van der Waals surface area contributed by atoms with Crippen molar-refractivity contribution in [3.05, 3.63) is 29.8 Å². The van der Waals surface area contributed by atoms with Gasteiger partial charge in [0.2, 0.25) is 0 Å².